The van der Waals surface area contributed by atoms with Crippen LogP contribution in [0, 0.1) is 17.0 Å². The van der Waals surface area contributed by atoms with E-state index < -0.39 is 4.92 Å². The van der Waals surface area contributed by atoms with Gasteiger partial charge in [-0.3, -0.25) is 19.5 Å². The van der Waals surface area contributed by atoms with E-state index in [1.54, 1.807) is 6.20 Å². The second kappa shape index (κ2) is 8.24. The summed E-state index contributed by atoms with van der Waals surface area (Å²) >= 11 is 7.28. The number of halogens is 1. The average Bonchev–Trinajstić information content (AvgIpc) is 3.10. The molecule has 1 amide bonds. The van der Waals surface area contributed by atoms with Crippen molar-refractivity contribution in [3.05, 3.63) is 75.6 Å². The van der Waals surface area contributed by atoms with Crippen LogP contribution in [0.25, 0.3) is 5.69 Å². The Hall–Kier alpha value is -2.84. The first-order valence-corrected chi connectivity index (χ1v) is 9.28. The fraction of sp³-hybridized carbons (Fsp3) is 0.111. The van der Waals surface area contributed by atoms with E-state index in [2.05, 4.69) is 10.3 Å². The van der Waals surface area contributed by atoms with Gasteiger partial charge in [-0.1, -0.05) is 41.6 Å². The number of aryl methyl sites for hydroxylation is 1. The number of amides is 1. The largest absolute Gasteiger partial charge is 0.324 e. The highest BCUT2D eigenvalue weighted by atomic mass is 35.5. The lowest BCUT2D eigenvalue weighted by Crippen LogP contribution is -2.15. The highest BCUT2D eigenvalue weighted by Crippen LogP contribution is 2.27. The number of nitro benzene ring substituents is 1. The van der Waals surface area contributed by atoms with Crippen LogP contribution < -0.4 is 5.32 Å². The number of nitro groups is 1. The third kappa shape index (κ3) is 4.47. The van der Waals surface area contributed by atoms with Gasteiger partial charge < -0.3 is 5.32 Å². The molecule has 0 saturated heterocycles. The SMILES string of the molecule is Cc1ccccc1-n1ccnc1SCC(=O)Nc1ccc([N+](=O)[O-])cc1Cl. The van der Waals surface area contributed by atoms with E-state index >= 15 is 0 Å². The number of carbonyl (C=O) groups is 1. The zero-order valence-corrected chi connectivity index (χ0v) is 15.8. The first-order chi connectivity index (χ1) is 13.0. The Labute approximate surface area is 164 Å². The van der Waals surface area contributed by atoms with Gasteiger partial charge in [-0.05, 0) is 24.6 Å². The fourth-order valence-electron chi connectivity index (χ4n) is 2.45. The summed E-state index contributed by atoms with van der Waals surface area (Å²) < 4.78 is 1.92. The molecule has 0 atom stereocenters. The summed E-state index contributed by atoms with van der Waals surface area (Å²) in [6.07, 6.45) is 3.52. The minimum Gasteiger partial charge on any atom is -0.324 e. The molecule has 0 aliphatic carbocycles. The number of anilines is 1. The molecule has 7 nitrogen and oxygen atoms in total. The van der Waals surface area contributed by atoms with Crippen LogP contribution in [0.1, 0.15) is 5.56 Å². The Morgan fingerprint density at radius 2 is 2.11 bits per heavy atom. The molecule has 0 fully saturated rings. The molecule has 2 aromatic carbocycles. The highest BCUT2D eigenvalue weighted by Gasteiger charge is 2.13. The summed E-state index contributed by atoms with van der Waals surface area (Å²) in [5, 5.41) is 14.2. The van der Waals surface area contributed by atoms with Crippen LogP contribution >= 0.6 is 23.4 Å². The molecule has 1 heterocycles. The first-order valence-electron chi connectivity index (χ1n) is 7.91. The van der Waals surface area contributed by atoms with Crippen molar-refractivity contribution in [1.82, 2.24) is 9.55 Å². The van der Waals surface area contributed by atoms with E-state index in [1.165, 1.54) is 30.0 Å². The maximum atomic E-state index is 12.2. The standard InChI is InChI=1S/C18H15ClN4O3S/c1-12-4-2-3-5-16(12)22-9-8-20-18(22)27-11-17(24)21-15-7-6-13(23(25)26)10-14(15)19/h2-10H,11H2,1H3,(H,21,24). The number of nitrogens with zero attached hydrogens (tertiary/aromatic N) is 3. The van der Waals surface area contributed by atoms with Gasteiger partial charge in [-0.2, -0.15) is 0 Å². The lowest BCUT2D eigenvalue weighted by Gasteiger charge is -2.10. The Morgan fingerprint density at radius 1 is 1.33 bits per heavy atom. The van der Waals surface area contributed by atoms with Crippen molar-refractivity contribution in [2.24, 2.45) is 0 Å². The molecule has 0 radical (unpaired) electrons. The molecular formula is C18H15ClN4O3S. The van der Waals surface area contributed by atoms with Crippen LogP contribution in [0.3, 0.4) is 0 Å². The molecule has 0 unspecified atom stereocenters. The van der Waals surface area contributed by atoms with Gasteiger partial charge in [-0.15, -0.1) is 0 Å². The number of imidazole rings is 1. The van der Waals surface area contributed by atoms with Crippen molar-refractivity contribution in [3.8, 4) is 5.69 Å². The predicted molar refractivity (Wildman–Crippen MR) is 106 cm³/mol. The summed E-state index contributed by atoms with van der Waals surface area (Å²) in [7, 11) is 0. The quantitative estimate of drug-likeness (QED) is 0.373. The van der Waals surface area contributed by atoms with Crippen LogP contribution in [-0.4, -0.2) is 26.1 Å². The molecule has 0 aliphatic heterocycles. The van der Waals surface area contributed by atoms with E-state index in [9.17, 15) is 14.9 Å². The summed E-state index contributed by atoms with van der Waals surface area (Å²) in [6.45, 7) is 2.01. The maximum absolute atomic E-state index is 12.2. The van der Waals surface area contributed by atoms with Crippen molar-refractivity contribution >= 4 is 40.6 Å². The second-order valence-electron chi connectivity index (χ2n) is 5.62. The molecule has 0 saturated carbocycles. The van der Waals surface area contributed by atoms with E-state index in [-0.39, 0.29) is 22.4 Å². The predicted octanol–water partition coefficient (Wildman–Crippen LogP) is 4.47. The van der Waals surface area contributed by atoms with E-state index in [0.29, 0.717) is 10.8 Å². The van der Waals surface area contributed by atoms with Gasteiger partial charge in [-0.25, -0.2) is 4.98 Å². The van der Waals surface area contributed by atoms with Gasteiger partial charge in [0.05, 0.1) is 27.1 Å². The molecule has 0 bridgehead atoms. The molecule has 1 N–H and O–H groups in total. The van der Waals surface area contributed by atoms with Crippen molar-refractivity contribution < 1.29 is 9.72 Å². The minimum absolute atomic E-state index is 0.115. The second-order valence-corrected chi connectivity index (χ2v) is 6.97. The molecule has 3 aromatic rings. The smallest absolute Gasteiger partial charge is 0.271 e. The van der Waals surface area contributed by atoms with Gasteiger partial charge >= 0.3 is 0 Å². The first kappa shape index (κ1) is 18.9. The molecule has 9 heteroatoms. The molecule has 0 aliphatic rings. The summed E-state index contributed by atoms with van der Waals surface area (Å²) in [5.74, 6) is -0.161. The van der Waals surface area contributed by atoms with Gasteiger partial charge in [0, 0.05) is 24.5 Å². The van der Waals surface area contributed by atoms with Crippen LogP contribution in [0.15, 0.2) is 60.0 Å². The molecule has 3 rings (SSSR count). The van der Waals surface area contributed by atoms with Crippen molar-refractivity contribution in [2.45, 2.75) is 12.1 Å². The topological polar surface area (TPSA) is 90.1 Å². The Balaban J connectivity index is 1.67. The summed E-state index contributed by atoms with van der Waals surface area (Å²) in [6, 6.07) is 11.8. The Bertz CT molecular complexity index is 1010. The molecule has 0 spiro atoms. The number of carbonyl (C=O) groups excluding carboxylic acids is 1. The van der Waals surface area contributed by atoms with Gasteiger partial charge in [0.1, 0.15) is 0 Å². The van der Waals surface area contributed by atoms with Crippen molar-refractivity contribution in [1.29, 1.82) is 0 Å². The van der Waals surface area contributed by atoms with Crippen LogP contribution in [0.5, 0.6) is 0 Å². The third-order valence-electron chi connectivity index (χ3n) is 3.75. The summed E-state index contributed by atoms with van der Waals surface area (Å²) in [5.41, 5.74) is 2.29. The number of nitrogens with one attached hydrogen (secondary N) is 1. The van der Waals surface area contributed by atoms with E-state index in [1.807, 2.05) is 42.0 Å². The number of benzene rings is 2. The van der Waals surface area contributed by atoms with Crippen LogP contribution in [-0.2, 0) is 4.79 Å². The Morgan fingerprint density at radius 3 is 2.81 bits per heavy atom. The molecule has 1 aromatic heterocycles. The number of hydrogen-bond acceptors (Lipinski definition) is 5. The van der Waals surface area contributed by atoms with Crippen LogP contribution in [0.2, 0.25) is 5.02 Å². The van der Waals surface area contributed by atoms with Gasteiger partial charge in [0.15, 0.2) is 5.16 Å². The monoisotopic (exact) mass is 402 g/mol. The van der Waals surface area contributed by atoms with E-state index in [0.717, 1.165) is 11.3 Å². The van der Waals surface area contributed by atoms with Gasteiger partial charge in [0.25, 0.3) is 5.69 Å². The molecule has 138 valence electrons. The average molecular weight is 403 g/mol. The third-order valence-corrected chi connectivity index (χ3v) is 5.03. The fourth-order valence-corrected chi connectivity index (χ4v) is 3.44. The number of aromatic nitrogens is 2. The number of non-ortho nitro benzene ring substituents is 1. The normalized spacial score (nSPS) is 10.6. The molecular weight excluding hydrogens is 388 g/mol. The highest BCUT2D eigenvalue weighted by molar-refractivity contribution is 7.99. The lowest BCUT2D eigenvalue weighted by atomic mass is 10.2. The number of thioether (sulfide) groups is 1. The summed E-state index contributed by atoms with van der Waals surface area (Å²) in [4.78, 5) is 26.7. The zero-order chi connectivity index (χ0) is 19.4. The van der Waals surface area contributed by atoms with Crippen LogP contribution in [0.4, 0.5) is 11.4 Å². The maximum Gasteiger partial charge on any atom is 0.271 e. The Kier molecular flexibility index (Phi) is 5.78. The lowest BCUT2D eigenvalue weighted by molar-refractivity contribution is -0.384. The number of hydrogen-bond donors (Lipinski definition) is 1. The van der Waals surface area contributed by atoms with E-state index in [4.69, 9.17) is 11.6 Å². The number of para-hydroxylation sites is 1. The van der Waals surface area contributed by atoms with Crippen molar-refractivity contribution in [2.75, 3.05) is 11.1 Å². The van der Waals surface area contributed by atoms with Gasteiger partial charge in [0.2, 0.25) is 5.91 Å². The van der Waals surface area contributed by atoms with Crippen molar-refractivity contribution in [3.63, 3.8) is 0 Å². The molecule has 27 heavy (non-hydrogen) atoms. The minimum atomic E-state index is -0.543. The number of rotatable bonds is 6. The zero-order valence-electron chi connectivity index (χ0n) is 14.3.